The molecule has 0 spiro atoms. The summed E-state index contributed by atoms with van der Waals surface area (Å²) in [5.74, 6) is 0.336. The van der Waals surface area contributed by atoms with Crippen LogP contribution in [0.5, 0.6) is 11.5 Å². The van der Waals surface area contributed by atoms with Crippen molar-refractivity contribution >= 4 is 33.5 Å². The third-order valence-electron chi connectivity index (χ3n) is 5.04. The molecule has 0 saturated carbocycles. The summed E-state index contributed by atoms with van der Waals surface area (Å²) in [6.45, 7) is 6.96. The Morgan fingerprint density at radius 2 is 1.85 bits per heavy atom. The van der Waals surface area contributed by atoms with E-state index in [-0.39, 0.29) is 21.7 Å². The predicted molar refractivity (Wildman–Crippen MR) is 106 cm³/mol. The van der Waals surface area contributed by atoms with Crippen LogP contribution in [0.25, 0.3) is 21.9 Å². The second-order valence-electron chi connectivity index (χ2n) is 6.85. The normalized spacial score (nSPS) is 13.7. The van der Waals surface area contributed by atoms with E-state index in [9.17, 15) is 15.0 Å². The second kappa shape index (κ2) is 6.62. The molecule has 0 aliphatic rings. The van der Waals surface area contributed by atoms with Crippen molar-refractivity contribution in [2.75, 3.05) is 7.11 Å². The topological polar surface area (TPSA) is 92.5 Å². The number of methoxy groups -OCH3 is 1. The van der Waals surface area contributed by atoms with E-state index < -0.39 is 11.2 Å². The standard InChI is InChI=1S/C20H21ClN2O4/c1-6-20(4,26)11-8-13(27-5)10(3)16-17(11)22-18-14(19(25)23-16)9(2)7-12(24)15(18)21/h7-8,24,26H,6H2,1-5H3. The second-order valence-corrected chi connectivity index (χ2v) is 7.23. The first-order valence-corrected chi connectivity index (χ1v) is 8.94. The van der Waals surface area contributed by atoms with Gasteiger partial charge in [0.25, 0.3) is 5.56 Å². The molecule has 0 fully saturated rings. The maximum absolute atomic E-state index is 12.9. The fraction of sp³-hybridized carbons (Fsp3) is 0.350. The van der Waals surface area contributed by atoms with Gasteiger partial charge in [-0.05, 0) is 44.9 Å². The molecule has 27 heavy (non-hydrogen) atoms. The molecule has 0 amide bonds. The Morgan fingerprint density at radius 1 is 1.19 bits per heavy atom. The molecule has 7 heteroatoms. The molecule has 0 radical (unpaired) electrons. The van der Waals surface area contributed by atoms with Crippen molar-refractivity contribution in [2.45, 2.75) is 39.7 Å². The van der Waals surface area contributed by atoms with Gasteiger partial charge in [0, 0.05) is 11.1 Å². The van der Waals surface area contributed by atoms with E-state index in [1.807, 2.05) is 6.92 Å². The predicted octanol–water partition coefficient (Wildman–Crippen LogP) is 3.75. The number of phenols is 1. The van der Waals surface area contributed by atoms with Crippen LogP contribution in [0.4, 0.5) is 0 Å². The maximum atomic E-state index is 12.9. The van der Waals surface area contributed by atoms with Crippen LogP contribution in [0.3, 0.4) is 0 Å². The van der Waals surface area contributed by atoms with Gasteiger partial charge in [-0.1, -0.05) is 18.5 Å². The zero-order valence-corrected chi connectivity index (χ0v) is 16.6. The van der Waals surface area contributed by atoms with Gasteiger partial charge in [-0.2, -0.15) is 0 Å². The van der Waals surface area contributed by atoms with Gasteiger partial charge in [-0.25, -0.2) is 9.97 Å². The quantitative estimate of drug-likeness (QED) is 0.709. The van der Waals surface area contributed by atoms with E-state index in [0.717, 1.165) is 0 Å². The number of rotatable bonds is 3. The smallest absolute Gasteiger partial charge is 0.280 e. The zero-order chi connectivity index (χ0) is 20.1. The molecule has 1 heterocycles. The SMILES string of the molecule is CCC(C)(O)c1cc(OC)c(C)c2nc(=O)c3c(C)cc(O)c(Cl)c3nc12. The Morgan fingerprint density at radius 3 is 2.44 bits per heavy atom. The van der Waals surface area contributed by atoms with Gasteiger partial charge in [0.1, 0.15) is 16.5 Å². The molecule has 0 saturated heterocycles. The number of phenolic OH excluding ortho intramolecular Hbond substituents is 1. The van der Waals surface area contributed by atoms with Gasteiger partial charge in [-0.15, -0.1) is 0 Å². The van der Waals surface area contributed by atoms with Gasteiger partial charge in [-0.3, -0.25) is 4.79 Å². The first-order chi connectivity index (χ1) is 12.6. The Bertz CT molecular complexity index is 1140. The van der Waals surface area contributed by atoms with Crippen LogP contribution < -0.4 is 10.3 Å². The number of ether oxygens (including phenoxy) is 1. The summed E-state index contributed by atoms with van der Waals surface area (Å²) in [5.41, 5.74) is 0.717. The van der Waals surface area contributed by atoms with E-state index in [1.165, 1.54) is 13.2 Å². The number of aliphatic hydroxyl groups is 1. The van der Waals surface area contributed by atoms with E-state index >= 15 is 0 Å². The number of hydrogen-bond donors (Lipinski definition) is 2. The molecule has 3 aromatic rings. The Hall–Kier alpha value is -2.44. The number of hydrogen-bond acceptors (Lipinski definition) is 6. The lowest BCUT2D eigenvalue weighted by Gasteiger charge is -2.24. The van der Waals surface area contributed by atoms with Crippen LogP contribution >= 0.6 is 11.6 Å². The molecule has 3 rings (SSSR count). The average Bonchev–Trinajstić information content (AvgIpc) is 2.77. The zero-order valence-electron chi connectivity index (χ0n) is 15.8. The summed E-state index contributed by atoms with van der Waals surface area (Å²) in [5, 5.41) is 21.2. The van der Waals surface area contributed by atoms with Gasteiger partial charge >= 0.3 is 0 Å². The minimum absolute atomic E-state index is 0.0254. The Kier molecular flexibility index (Phi) is 4.74. The van der Waals surface area contributed by atoms with Crippen molar-refractivity contribution in [3.63, 3.8) is 0 Å². The molecule has 142 valence electrons. The highest BCUT2D eigenvalue weighted by atomic mass is 35.5. The van der Waals surface area contributed by atoms with Crippen molar-refractivity contribution in [2.24, 2.45) is 0 Å². The number of aromatic hydroxyl groups is 1. The molecule has 1 unspecified atom stereocenters. The molecule has 2 N–H and O–H groups in total. The number of nitrogens with zero attached hydrogens (tertiary/aromatic N) is 2. The van der Waals surface area contributed by atoms with E-state index in [1.54, 1.807) is 26.8 Å². The molecule has 0 aliphatic carbocycles. The molecule has 1 aromatic heterocycles. The van der Waals surface area contributed by atoms with Gasteiger partial charge in [0.05, 0.1) is 34.6 Å². The largest absolute Gasteiger partial charge is 0.506 e. The first kappa shape index (κ1) is 19.3. The third kappa shape index (κ3) is 2.99. The van der Waals surface area contributed by atoms with Gasteiger partial charge < -0.3 is 14.9 Å². The minimum Gasteiger partial charge on any atom is -0.506 e. The highest BCUT2D eigenvalue weighted by Crippen LogP contribution is 2.37. The van der Waals surface area contributed by atoms with E-state index in [0.29, 0.717) is 39.9 Å². The first-order valence-electron chi connectivity index (χ1n) is 8.56. The average molecular weight is 389 g/mol. The van der Waals surface area contributed by atoms with Crippen LogP contribution in [-0.2, 0) is 5.60 Å². The highest BCUT2D eigenvalue weighted by Gasteiger charge is 2.27. The Labute approximate surface area is 161 Å². The lowest BCUT2D eigenvalue weighted by molar-refractivity contribution is 0.0542. The van der Waals surface area contributed by atoms with Crippen LogP contribution in [-0.4, -0.2) is 27.3 Å². The lowest BCUT2D eigenvalue weighted by Crippen LogP contribution is -2.21. The molecule has 2 aromatic carbocycles. The molecular weight excluding hydrogens is 368 g/mol. The molecular formula is C20H21ClN2O4. The van der Waals surface area contributed by atoms with Crippen LogP contribution in [0, 0.1) is 13.8 Å². The lowest BCUT2D eigenvalue weighted by atomic mass is 9.90. The van der Waals surface area contributed by atoms with Crippen LogP contribution in [0.2, 0.25) is 5.02 Å². The molecule has 6 nitrogen and oxygen atoms in total. The van der Waals surface area contributed by atoms with Crippen LogP contribution in [0.15, 0.2) is 16.9 Å². The van der Waals surface area contributed by atoms with Crippen molar-refractivity contribution in [3.8, 4) is 11.5 Å². The van der Waals surface area contributed by atoms with Crippen molar-refractivity contribution in [1.82, 2.24) is 9.97 Å². The number of halogens is 1. The van der Waals surface area contributed by atoms with Crippen molar-refractivity contribution in [3.05, 3.63) is 44.2 Å². The Balaban J connectivity index is 2.70. The van der Waals surface area contributed by atoms with Gasteiger partial charge in [0.2, 0.25) is 0 Å². The maximum Gasteiger partial charge on any atom is 0.280 e. The third-order valence-corrected chi connectivity index (χ3v) is 5.41. The number of aromatic nitrogens is 2. The minimum atomic E-state index is -1.23. The monoisotopic (exact) mass is 388 g/mol. The summed E-state index contributed by atoms with van der Waals surface area (Å²) in [6, 6.07) is 3.12. The van der Waals surface area contributed by atoms with E-state index in [4.69, 9.17) is 16.3 Å². The highest BCUT2D eigenvalue weighted by molar-refractivity contribution is 6.36. The fourth-order valence-corrected chi connectivity index (χ4v) is 3.39. The van der Waals surface area contributed by atoms with E-state index in [2.05, 4.69) is 9.97 Å². The van der Waals surface area contributed by atoms with Crippen LogP contribution in [0.1, 0.15) is 37.0 Å². The number of benzene rings is 2. The molecule has 0 aliphatic heterocycles. The molecule has 1 atom stereocenters. The summed E-state index contributed by atoms with van der Waals surface area (Å²) in [6.07, 6.45) is 0.411. The number of fused-ring (bicyclic) bond motifs is 2. The molecule has 0 bridgehead atoms. The fourth-order valence-electron chi connectivity index (χ4n) is 3.20. The number of aryl methyl sites for hydroxylation is 2. The van der Waals surface area contributed by atoms with Crippen molar-refractivity contribution < 1.29 is 14.9 Å². The summed E-state index contributed by atoms with van der Waals surface area (Å²) in [4.78, 5) is 21.7. The summed E-state index contributed by atoms with van der Waals surface area (Å²) in [7, 11) is 1.52. The van der Waals surface area contributed by atoms with Gasteiger partial charge in [0.15, 0.2) is 0 Å². The summed E-state index contributed by atoms with van der Waals surface area (Å²) >= 11 is 6.26. The van der Waals surface area contributed by atoms with Crippen molar-refractivity contribution in [1.29, 1.82) is 0 Å². The summed E-state index contributed by atoms with van der Waals surface area (Å²) < 4.78 is 5.42.